The summed E-state index contributed by atoms with van der Waals surface area (Å²) in [5.41, 5.74) is 4.59. The summed E-state index contributed by atoms with van der Waals surface area (Å²) in [6.07, 6.45) is 0. The van der Waals surface area contributed by atoms with Crippen LogP contribution < -0.4 is 30.7 Å². The molecule has 0 aliphatic heterocycles. The highest BCUT2D eigenvalue weighted by molar-refractivity contribution is 7.94. The van der Waals surface area contributed by atoms with Crippen molar-refractivity contribution in [3.8, 4) is 11.5 Å². The molecular weight excluding hydrogens is 841 g/mol. The Labute approximate surface area is 369 Å². The molecule has 3 amide bonds. The van der Waals surface area contributed by atoms with E-state index in [0.29, 0.717) is 40.9 Å². The van der Waals surface area contributed by atoms with Gasteiger partial charge in [0.25, 0.3) is 27.7 Å². The van der Waals surface area contributed by atoms with Crippen molar-refractivity contribution in [3.05, 3.63) is 215 Å². The van der Waals surface area contributed by atoms with Crippen LogP contribution in [-0.2, 0) is 32.6 Å². The van der Waals surface area contributed by atoms with Gasteiger partial charge in [-0.05, 0) is 90.8 Å². The van der Waals surface area contributed by atoms with E-state index in [4.69, 9.17) is 15.4 Å². The van der Waals surface area contributed by atoms with Crippen LogP contribution in [0.2, 0.25) is 0 Å². The maximum atomic E-state index is 13.0. The second-order valence-corrected chi connectivity index (χ2v) is 15.9. The van der Waals surface area contributed by atoms with Crippen LogP contribution in [0.25, 0.3) is 0 Å². The lowest BCUT2D eigenvalue weighted by Crippen LogP contribution is -2.31. The van der Waals surface area contributed by atoms with Crippen LogP contribution in [0.15, 0.2) is 192 Å². The number of anilines is 2. The fourth-order valence-corrected chi connectivity index (χ4v) is 7.36. The van der Waals surface area contributed by atoms with Gasteiger partial charge in [-0.3, -0.25) is 14.4 Å². The number of aryl methyl sites for hydroxylation is 1. The van der Waals surface area contributed by atoms with Crippen molar-refractivity contribution in [2.24, 2.45) is 5.90 Å². The zero-order valence-electron chi connectivity index (χ0n) is 33.8. The molecular formula is C48H42N4O9S2. The molecule has 0 aliphatic carbocycles. The van der Waals surface area contributed by atoms with Crippen molar-refractivity contribution >= 4 is 51.2 Å². The third-order valence-electron chi connectivity index (χ3n) is 8.95. The molecule has 7 rings (SSSR count). The van der Waals surface area contributed by atoms with E-state index in [1.165, 1.54) is 18.2 Å². The first-order chi connectivity index (χ1) is 30.6. The van der Waals surface area contributed by atoms with E-state index in [2.05, 4.69) is 24.7 Å². The summed E-state index contributed by atoms with van der Waals surface area (Å²) in [6.45, 7) is 2.64. The lowest BCUT2D eigenvalue weighted by Gasteiger charge is -2.13. The Hall–Kier alpha value is -7.27. The van der Waals surface area contributed by atoms with Crippen LogP contribution in [0.4, 0.5) is 11.4 Å². The quantitative estimate of drug-likeness (QED) is 0.0412. The van der Waals surface area contributed by atoms with Crippen LogP contribution in [0, 0.1) is 6.92 Å². The lowest BCUT2D eigenvalue weighted by molar-refractivity contribution is -0.195. The minimum absolute atomic E-state index is 0.0438. The van der Waals surface area contributed by atoms with E-state index in [1.54, 1.807) is 84.9 Å². The van der Waals surface area contributed by atoms with Crippen molar-refractivity contribution in [2.75, 3.05) is 10.6 Å². The number of benzene rings is 7. The highest BCUT2D eigenvalue weighted by Crippen LogP contribution is 2.28. The Morgan fingerprint density at radius 3 is 1.59 bits per heavy atom. The number of sulfonamides is 1. The van der Waals surface area contributed by atoms with Crippen LogP contribution in [0.1, 0.15) is 47.8 Å². The van der Waals surface area contributed by atoms with Crippen LogP contribution in [-0.4, -0.2) is 26.1 Å². The van der Waals surface area contributed by atoms with Gasteiger partial charge in [-0.15, -0.1) is 9.32 Å². The van der Waals surface area contributed by atoms with E-state index in [9.17, 15) is 22.8 Å². The zero-order valence-corrected chi connectivity index (χ0v) is 35.4. The highest BCUT2D eigenvalue weighted by Gasteiger charge is 2.23. The normalized spacial score (nSPS) is 10.7. The first-order valence-electron chi connectivity index (χ1n) is 19.3. The predicted octanol–water partition coefficient (Wildman–Crippen LogP) is 9.29. The molecule has 0 aromatic heterocycles. The number of ether oxygens (including phenoxy) is 2. The molecule has 13 nitrogen and oxygen atoms in total. The van der Waals surface area contributed by atoms with Gasteiger partial charge in [0.05, 0.1) is 28.3 Å². The van der Waals surface area contributed by atoms with Crippen molar-refractivity contribution < 1.29 is 41.6 Å². The number of para-hydroxylation sites is 2. The Kier molecular flexibility index (Phi) is 16.2. The van der Waals surface area contributed by atoms with Gasteiger partial charge in [0.15, 0.2) is 0 Å². The van der Waals surface area contributed by atoms with E-state index < -0.39 is 21.8 Å². The van der Waals surface area contributed by atoms with Gasteiger partial charge < -0.3 is 20.1 Å². The minimum atomic E-state index is -4.26. The van der Waals surface area contributed by atoms with Gasteiger partial charge in [-0.25, -0.2) is 13.1 Å². The average molecular weight is 883 g/mol. The Morgan fingerprint density at radius 1 is 0.540 bits per heavy atom. The zero-order chi connectivity index (χ0) is 44.4. The number of amides is 3. The average Bonchev–Trinajstić information content (AvgIpc) is 3.31. The Balaban J connectivity index is 0.000000219. The number of hydrogen-bond donors (Lipinski definition) is 4. The van der Waals surface area contributed by atoms with Crippen LogP contribution in [0.5, 0.6) is 11.5 Å². The summed E-state index contributed by atoms with van der Waals surface area (Å²) < 4.78 is 44.3. The topological polar surface area (TPSA) is 184 Å². The van der Waals surface area contributed by atoms with E-state index in [1.807, 2.05) is 85.8 Å². The monoisotopic (exact) mass is 882 g/mol. The van der Waals surface area contributed by atoms with Crippen molar-refractivity contribution in [2.45, 2.75) is 29.9 Å². The molecule has 63 heavy (non-hydrogen) atoms. The summed E-state index contributed by atoms with van der Waals surface area (Å²) in [6, 6.07) is 52.6. The minimum Gasteiger partial charge on any atom is -0.489 e. The number of carbonyl (C=O) groups excluding carboxylic acids is 3. The molecule has 0 spiro atoms. The van der Waals surface area contributed by atoms with E-state index in [0.717, 1.165) is 28.7 Å². The number of rotatable bonds is 16. The maximum Gasteiger partial charge on any atom is 0.266 e. The molecule has 0 bridgehead atoms. The molecule has 15 heteroatoms. The first-order valence-corrected chi connectivity index (χ1v) is 21.5. The summed E-state index contributed by atoms with van der Waals surface area (Å²) in [4.78, 5) is 42.6. The molecule has 0 atom stereocenters. The molecule has 0 fully saturated rings. The number of hydrogen-bond acceptors (Lipinski definition) is 11. The standard InChI is InChI=1S/C28H24N2O5S.C20H18N2O4S/c1-20-14-16-22(17-15-20)28(32)30-36(33,34)26-13-6-5-12-25(26)29-27(31)23-10-7-11-24(18-23)35-19-21-8-3-2-4-9-21;21-25-26-27-19-12-5-4-11-18(19)22-20(23)16-9-6-10-17(13-16)24-14-15-7-2-1-3-8-15/h2-18H,19H2,1H3,(H,29,31)(H,30,32);1-13H,14,21H2,(H,22,23). The van der Waals surface area contributed by atoms with Gasteiger partial charge in [-0.2, -0.15) is 5.90 Å². The van der Waals surface area contributed by atoms with Gasteiger partial charge in [0.1, 0.15) is 29.6 Å². The molecule has 0 saturated carbocycles. The Bertz CT molecular complexity index is 2740. The van der Waals surface area contributed by atoms with Crippen molar-refractivity contribution in [1.82, 2.24) is 4.72 Å². The summed E-state index contributed by atoms with van der Waals surface area (Å²) >= 11 is 0.906. The summed E-state index contributed by atoms with van der Waals surface area (Å²) in [5, 5.41) is 5.47. The smallest absolute Gasteiger partial charge is 0.266 e. The largest absolute Gasteiger partial charge is 0.489 e. The third-order valence-corrected chi connectivity index (χ3v) is 11.0. The molecule has 0 saturated heterocycles. The molecule has 7 aromatic carbocycles. The maximum absolute atomic E-state index is 13.0. The van der Waals surface area contributed by atoms with Gasteiger partial charge in [0.2, 0.25) is 0 Å². The molecule has 0 radical (unpaired) electrons. The second-order valence-electron chi connectivity index (χ2n) is 13.6. The van der Waals surface area contributed by atoms with E-state index in [-0.39, 0.29) is 27.6 Å². The van der Waals surface area contributed by atoms with Crippen LogP contribution >= 0.6 is 12.0 Å². The molecule has 7 aromatic rings. The predicted molar refractivity (Wildman–Crippen MR) is 241 cm³/mol. The summed E-state index contributed by atoms with van der Waals surface area (Å²) in [7, 11) is -4.26. The number of carbonyl (C=O) groups is 3. The molecule has 0 heterocycles. The SMILES string of the molecule is Cc1ccc(C(=O)NS(=O)(=O)c2ccccc2NC(=O)c2cccc(OCc3ccccc3)c2)cc1.NOOSc1ccccc1NC(=O)c1cccc(OCc2ccccc2)c1. The molecule has 320 valence electrons. The molecule has 5 N–H and O–H groups in total. The third kappa shape index (κ3) is 13.6. The number of nitrogens with one attached hydrogen (secondary N) is 3. The highest BCUT2D eigenvalue weighted by atomic mass is 32.2. The Morgan fingerprint density at radius 2 is 1.03 bits per heavy atom. The molecule has 0 aliphatic rings. The summed E-state index contributed by atoms with van der Waals surface area (Å²) in [5.74, 6) is 4.43. The van der Waals surface area contributed by atoms with Crippen LogP contribution in [0.3, 0.4) is 0 Å². The van der Waals surface area contributed by atoms with E-state index >= 15 is 0 Å². The van der Waals surface area contributed by atoms with Crippen molar-refractivity contribution in [1.29, 1.82) is 0 Å². The van der Waals surface area contributed by atoms with Crippen molar-refractivity contribution in [3.63, 3.8) is 0 Å². The second kappa shape index (κ2) is 22.5. The molecule has 0 unspecified atom stereocenters. The number of nitrogens with two attached hydrogens (primary N) is 1. The fourth-order valence-electron chi connectivity index (χ4n) is 5.77. The van der Waals surface area contributed by atoms with Gasteiger partial charge in [0, 0.05) is 16.7 Å². The van der Waals surface area contributed by atoms with Gasteiger partial charge in [-0.1, -0.05) is 115 Å². The fraction of sp³-hybridized carbons (Fsp3) is 0.0625. The van der Waals surface area contributed by atoms with Gasteiger partial charge >= 0.3 is 0 Å². The lowest BCUT2D eigenvalue weighted by atomic mass is 10.1. The first kappa shape index (κ1) is 45.3.